The molecule has 4 rings (SSSR count). The molecule has 0 bridgehead atoms. The number of likely N-dealkylation sites (N-methyl/N-ethyl adjacent to an activating group) is 1. The fourth-order valence-corrected chi connectivity index (χ4v) is 5.96. The van der Waals surface area contributed by atoms with E-state index in [0.29, 0.717) is 36.5 Å². The molecule has 14 heteroatoms. The Labute approximate surface area is 249 Å². The van der Waals surface area contributed by atoms with Crippen molar-refractivity contribution in [1.29, 1.82) is 0 Å². The van der Waals surface area contributed by atoms with Gasteiger partial charge >= 0.3 is 6.18 Å². The summed E-state index contributed by atoms with van der Waals surface area (Å²) in [5.74, 6) is -0.0320. The van der Waals surface area contributed by atoms with Crippen LogP contribution >= 0.6 is 0 Å². The van der Waals surface area contributed by atoms with Gasteiger partial charge in [0, 0.05) is 50.0 Å². The van der Waals surface area contributed by atoms with Crippen LogP contribution in [0.5, 0.6) is 5.75 Å². The third kappa shape index (κ3) is 8.06. The lowest BCUT2D eigenvalue weighted by molar-refractivity contribution is -0.137. The Morgan fingerprint density at radius 2 is 1.91 bits per heavy atom. The number of aliphatic hydroxyl groups is 1. The summed E-state index contributed by atoms with van der Waals surface area (Å²) in [5, 5.41) is 9.70. The summed E-state index contributed by atoms with van der Waals surface area (Å²) in [5.41, 5.74) is 0.673. The molecule has 0 radical (unpaired) electrons. The van der Waals surface area contributed by atoms with Crippen molar-refractivity contribution in [2.45, 2.75) is 50.2 Å². The van der Waals surface area contributed by atoms with Crippen LogP contribution in [0, 0.1) is 5.92 Å². The Hall–Kier alpha value is -3.62. The molecule has 2 heterocycles. The molecule has 3 aromatic rings. The van der Waals surface area contributed by atoms with E-state index in [1.54, 1.807) is 37.1 Å². The summed E-state index contributed by atoms with van der Waals surface area (Å²) in [6.07, 6.45) is -2.20. The van der Waals surface area contributed by atoms with Gasteiger partial charge in [-0.3, -0.25) is 14.4 Å². The number of aromatic nitrogens is 2. The first kappa shape index (κ1) is 32.3. The maximum absolute atomic E-state index is 13.4. The summed E-state index contributed by atoms with van der Waals surface area (Å²) in [6, 6.07) is 9.23. The van der Waals surface area contributed by atoms with E-state index in [4.69, 9.17) is 4.74 Å². The van der Waals surface area contributed by atoms with Gasteiger partial charge in [-0.1, -0.05) is 19.1 Å². The van der Waals surface area contributed by atoms with Crippen LogP contribution in [0.15, 0.2) is 60.0 Å². The van der Waals surface area contributed by atoms with E-state index in [0.717, 1.165) is 12.1 Å². The third-order valence-electron chi connectivity index (χ3n) is 7.35. The number of alkyl halides is 3. The predicted octanol–water partition coefficient (Wildman–Crippen LogP) is 3.52. The fourth-order valence-electron chi connectivity index (χ4n) is 4.93. The minimum absolute atomic E-state index is 0.0837. The Bertz CT molecular complexity index is 1530. The van der Waals surface area contributed by atoms with E-state index in [9.17, 15) is 31.5 Å². The monoisotopic (exact) mass is 623 g/mol. The van der Waals surface area contributed by atoms with Crippen LogP contribution in [-0.2, 0) is 41.0 Å². The number of carbonyl (C=O) groups excluding carboxylic acids is 1. The molecule has 1 amide bonds. The second-order valence-electron chi connectivity index (χ2n) is 11.1. The summed E-state index contributed by atoms with van der Waals surface area (Å²) < 4.78 is 75.1. The van der Waals surface area contributed by atoms with Gasteiger partial charge in [0.1, 0.15) is 11.9 Å². The number of amides is 1. The molecule has 1 aliphatic heterocycles. The smallest absolute Gasteiger partial charge is 0.416 e. The Balaban J connectivity index is 1.59. The number of carbonyl (C=O) groups is 1. The molecule has 0 unspecified atom stereocenters. The maximum atomic E-state index is 13.4. The van der Waals surface area contributed by atoms with Gasteiger partial charge in [-0.2, -0.15) is 21.6 Å². The maximum Gasteiger partial charge on any atom is 0.416 e. The van der Waals surface area contributed by atoms with Gasteiger partial charge < -0.3 is 19.3 Å². The molecule has 0 spiro atoms. The molecule has 0 saturated heterocycles. The summed E-state index contributed by atoms with van der Waals surface area (Å²) in [6.45, 7) is 4.47. The predicted molar refractivity (Wildman–Crippen MR) is 154 cm³/mol. The minimum atomic E-state index is -4.41. The van der Waals surface area contributed by atoms with Crippen molar-refractivity contribution in [2.75, 3.05) is 31.5 Å². The second-order valence-corrected chi connectivity index (χ2v) is 12.7. The van der Waals surface area contributed by atoms with Crippen LogP contribution in [0.25, 0.3) is 0 Å². The number of nitrogens with zero attached hydrogens (tertiary/aromatic N) is 4. The number of sulfonamides is 1. The molecule has 2 N–H and O–H groups in total. The molecule has 0 saturated carbocycles. The van der Waals surface area contributed by atoms with Crippen molar-refractivity contribution in [2.24, 2.45) is 13.0 Å². The molecule has 10 nitrogen and oxygen atoms in total. The largest absolute Gasteiger partial charge is 0.488 e. The number of nitrogens with one attached hydrogen (secondary N) is 1. The van der Waals surface area contributed by atoms with Gasteiger partial charge in [0.2, 0.25) is 5.91 Å². The SMILES string of the molecule is C[C@@H]1CN([C@H](C)CO)C(=O)Cc2cc(NS(=O)(=O)c3cn(C)cn3)ccc2O[C@H]1CN(C)Cc1ccc(C(F)(F)F)cc1. The van der Waals surface area contributed by atoms with E-state index in [2.05, 4.69) is 9.71 Å². The molecule has 1 aromatic heterocycles. The number of hydrogen-bond acceptors (Lipinski definition) is 7. The fraction of sp³-hybridized carbons (Fsp3) is 0.448. The van der Waals surface area contributed by atoms with Crippen LogP contribution in [0.2, 0.25) is 0 Å². The zero-order valence-electron chi connectivity index (χ0n) is 24.4. The van der Waals surface area contributed by atoms with Crippen LogP contribution in [-0.4, -0.2) is 77.7 Å². The standard InChI is InChI=1S/C29H36F3N5O5S/c1-19-13-37(20(2)17-38)28(39)12-22-11-24(34-43(40,41)27-16-36(4)18-33-27)9-10-25(22)42-26(19)15-35(3)14-21-5-7-23(8-6-21)29(30,31)32/h5-11,16,18-20,26,34,38H,12-15,17H2,1-4H3/t19-,20-,26+/m1/s1. The van der Waals surface area contributed by atoms with Gasteiger partial charge in [0.15, 0.2) is 5.03 Å². The Morgan fingerprint density at radius 1 is 1.21 bits per heavy atom. The zero-order chi connectivity index (χ0) is 31.5. The van der Waals surface area contributed by atoms with Crippen molar-refractivity contribution in [3.8, 4) is 5.75 Å². The van der Waals surface area contributed by atoms with E-state index >= 15 is 0 Å². The number of benzene rings is 2. The van der Waals surface area contributed by atoms with Crippen LogP contribution < -0.4 is 9.46 Å². The highest BCUT2D eigenvalue weighted by Crippen LogP contribution is 2.31. The first-order chi connectivity index (χ1) is 20.2. The Kier molecular flexibility index (Phi) is 9.72. The lowest BCUT2D eigenvalue weighted by atomic mass is 10.0. The number of aliphatic hydroxyl groups excluding tert-OH is 1. The third-order valence-corrected chi connectivity index (χ3v) is 8.62. The number of fused-ring (bicyclic) bond motifs is 1. The molecule has 1 aliphatic rings. The number of halogens is 3. The molecule has 43 heavy (non-hydrogen) atoms. The van der Waals surface area contributed by atoms with Crippen LogP contribution in [0.4, 0.5) is 18.9 Å². The first-order valence-corrected chi connectivity index (χ1v) is 15.2. The van der Waals surface area contributed by atoms with E-state index in [1.807, 2.05) is 18.9 Å². The van der Waals surface area contributed by atoms with Crippen molar-refractivity contribution < 1.29 is 36.2 Å². The molecule has 234 valence electrons. The number of aryl methyl sites for hydroxylation is 1. The summed E-state index contributed by atoms with van der Waals surface area (Å²) in [4.78, 5) is 20.9. The quantitative estimate of drug-likeness (QED) is 0.375. The number of anilines is 1. The molecule has 3 atom stereocenters. The van der Waals surface area contributed by atoms with Crippen molar-refractivity contribution in [3.63, 3.8) is 0 Å². The summed E-state index contributed by atoms with van der Waals surface area (Å²) in [7, 11) is -0.498. The molecule has 0 fully saturated rings. The van der Waals surface area contributed by atoms with Crippen molar-refractivity contribution >= 4 is 21.6 Å². The lowest BCUT2D eigenvalue weighted by Crippen LogP contribution is -2.47. The number of hydrogen-bond donors (Lipinski definition) is 2. The lowest BCUT2D eigenvalue weighted by Gasteiger charge is -2.34. The second kappa shape index (κ2) is 12.9. The van der Waals surface area contributed by atoms with Gasteiger partial charge in [0.25, 0.3) is 10.0 Å². The average molecular weight is 624 g/mol. The highest BCUT2D eigenvalue weighted by Gasteiger charge is 2.32. The number of rotatable bonds is 9. The van der Waals surface area contributed by atoms with Crippen molar-refractivity contribution in [1.82, 2.24) is 19.4 Å². The molecular formula is C29H36F3N5O5S. The highest BCUT2D eigenvalue weighted by atomic mass is 32.2. The molecule has 0 aliphatic carbocycles. The van der Waals surface area contributed by atoms with Crippen molar-refractivity contribution in [3.05, 3.63) is 71.7 Å². The summed E-state index contributed by atoms with van der Waals surface area (Å²) >= 11 is 0. The zero-order valence-corrected chi connectivity index (χ0v) is 25.2. The Morgan fingerprint density at radius 3 is 2.51 bits per heavy atom. The van der Waals surface area contributed by atoms with E-state index < -0.39 is 33.9 Å². The van der Waals surface area contributed by atoms with E-state index in [-0.39, 0.29) is 35.6 Å². The number of ether oxygens (including phenoxy) is 1. The van der Waals surface area contributed by atoms with Crippen LogP contribution in [0.3, 0.4) is 0 Å². The van der Waals surface area contributed by atoms with Gasteiger partial charge in [0.05, 0.1) is 31.0 Å². The average Bonchev–Trinajstić information content (AvgIpc) is 3.39. The van der Waals surface area contributed by atoms with Crippen LogP contribution in [0.1, 0.15) is 30.5 Å². The van der Waals surface area contributed by atoms with E-state index in [1.165, 1.54) is 29.2 Å². The first-order valence-electron chi connectivity index (χ1n) is 13.7. The molecular weight excluding hydrogens is 587 g/mol. The van der Waals surface area contributed by atoms with Gasteiger partial charge in [-0.25, -0.2) is 4.98 Å². The van der Waals surface area contributed by atoms with Gasteiger partial charge in [-0.05, 0) is 49.9 Å². The minimum Gasteiger partial charge on any atom is -0.488 e. The van der Waals surface area contributed by atoms with Gasteiger partial charge in [-0.15, -0.1) is 0 Å². The topological polar surface area (TPSA) is 117 Å². The molecule has 2 aromatic carbocycles. The normalized spacial score (nSPS) is 18.8. The number of imidazole rings is 1. The highest BCUT2D eigenvalue weighted by molar-refractivity contribution is 7.92.